The molecular weight excluding hydrogens is 288 g/mol. The fourth-order valence-corrected chi connectivity index (χ4v) is 2.95. The summed E-state index contributed by atoms with van der Waals surface area (Å²) in [4.78, 5) is 1.52. The average Bonchev–Trinajstić information content (AvgIpc) is 2.83. The molecule has 3 N–H and O–H groups in total. The molecule has 0 aliphatic rings. The van der Waals surface area contributed by atoms with Gasteiger partial charge in [0, 0.05) is 42.4 Å². The minimum absolute atomic E-state index is 0.426. The van der Waals surface area contributed by atoms with Crippen LogP contribution in [0.25, 0.3) is 0 Å². The molecule has 0 saturated heterocycles. The molecule has 0 radical (unpaired) electrons. The maximum absolute atomic E-state index is 5.84. The second-order valence-corrected chi connectivity index (χ2v) is 5.69. The van der Waals surface area contributed by atoms with Gasteiger partial charge in [-0.2, -0.15) is 5.10 Å². The lowest BCUT2D eigenvalue weighted by Crippen LogP contribution is -2.15. The van der Waals surface area contributed by atoms with E-state index in [2.05, 4.69) is 10.4 Å². The smallest absolute Gasteiger partial charge is 0.107 e. The van der Waals surface area contributed by atoms with Gasteiger partial charge in [0.1, 0.15) is 4.99 Å². The zero-order valence-corrected chi connectivity index (χ0v) is 13.2. The molecule has 0 bridgehead atoms. The SMILES string of the molecule is CSc1cccc(NCCc2ccn(C)n2)c1C(N)=S. The van der Waals surface area contributed by atoms with Crippen molar-refractivity contribution < 1.29 is 0 Å². The molecule has 0 aliphatic heterocycles. The summed E-state index contributed by atoms with van der Waals surface area (Å²) in [5.41, 5.74) is 8.82. The van der Waals surface area contributed by atoms with Crippen LogP contribution in [-0.2, 0) is 13.5 Å². The van der Waals surface area contributed by atoms with Gasteiger partial charge in [-0.05, 0) is 24.5 Å². The van der Waals surface area contributed by atoms with Crippen molar-refractivity contribution in [2.24, 2.45) is 12.8 Å². The van der Waals surface area contributed by atoms with E-state index in [4.69, 9.17) is 18.0 Å². The first-order chi connectivity index (χ1) is 9.61. The molecule has 20 heavy (non-hydrogen) atoms. The number of aryl methyl sites for hydroxylation is 1. The summed E-state index contributed by atoms with van der Waals surface area (Å²) in [6.07, 6.45) is 4.83. The highest BCUT2D eigenvalue weighted by Gasteiger charge is 2.10. The Hall–Kier alpha value is -1.53. The number of hydrogen-bond donors (Lipinski definition) is 2. The van der Waals surface area contributed by atoms with Crippen LogP contribution in [0.1, 0.15) is 11.3 Å². The largest absolute Gasteiger partial charge is 0.389 e. The number of nitrogens with one attached hydrogen (secondary N) is 1. The van der Waals surface area contributed by atoms with Crippen LogP contribution in [0.3, 0.4) is 0 Å². The van der Waals surface area contributed by atoms with Gasteiger partial charge in [0.2, 0.25) is 0 Å². The molecule has 6 heteroatoms. The Balaban J connectivity index is 2.07. The van der Waals surface area contributed by atoms with Gasteiger partial charge in [0.05, 0.1) is 5.69 Å². The minimum Gasteiger partial charge on any atom is -0.389 e. The van der Waals surface area contributed by atoms with Crippen molar-refractivity contribution >= 4 is 34.7 Å². The number of thioether (sulfide) groups is 1. The van der Waals surface area contributed by atoms with E-state index in [1.165, 1.54) is 0 Å². The maximum atomic E-state index is 5.84. The van der Waals surface area contributed by atoms with E-state index in [9.17, 15) is 0 Å². The molecule has 0 saturated carbocycles. The number of benzene rings is 1. The van der Waals surface area contributed by atoms with Gasteiger partial charge in [-0.3, -0.25) is 4.68 Å². The predicted molar refractivity (Wildman–Crippen MR) is 89.5 cm³/mol. The van der Waals surface area contributed by atoms with Crippen molar-refractivity contribution in [3.05, 3.63) is 41.7 Å². The second-order valence-electron chi connectivity index (χ2n) is 4.40. The number of hydrogen-bond acceptors (Lipinski definition) is 4. The number of aromatic nitrogens is 2. The summed E-state index contributed by atoms with van der Waals surface area (Å²) >= 11 is 6.81. The third-order valence-electron chi connectivity index (χ3n) is 2.96. The number of thiocarbonyl (C=S) groups is 1. The highest BCUT2D eigenvalue weighted by atomic mass is 32.2. The van der Waals surface area contributed by atoms with E-state index in [0.717, 1.165) is 34.8 Å². The Kier molecular flexibility index (Phi) is 5.03. The Bertz CT molecular complexity index is 607. The van der Waals surface area contributed by atoms with Crippen molar-refractivity contribution in [1.82, 2.24) is 9.78 Å². The van der Waals surface area contributed by atoms with Crippen LogP contribution in [0.4, 0.5) is 5.69 Å². The van der Waals surface area contributed by atoms with Crippen molar-refractivity contribution in [1.29, 1.82) is 0 Å². The first-order valence-corrected chi connectivity index (χ1v) is 7.94. The van der Waals surface area contributed by atoms with Crippen molar-refractivity contribution in [2.45, 2.75) is 11.3 Å². The summed E-state index contributed by atoms with van der Waals surface area (Å²) in [7, 11) is 1.92. The Labute approximate surface area is 128 Å². The first kappa shape index (κ1) is 14.9. The number of rotatable bonds is 6. The molecule has 0 atom stereocenters. The van der Waals surface area contributed by atoms with Gasteiger partial charge >= 0.3 is 0 Å². The summed E-state index contributed by atoms with van der Waals surface area (Å²) in [6.45, 7) is 0.796. The lowest BCUT2D eigenvalue weighted by atomic mass is 10.1. The van der Waals surface area contributed by atoms with Crippen LogP contribution >= 0.6 is 24.0 Å². The molecule has 4 nitrogen and oxygen atoms in total. The summed E-state index contributed by atoms with van der Waals surface area (Å²) in [5, 5.41) is 7.75. The molecule has 106 valence electrons. The maximum Gasteiger partial charge on any atom is 0.107 e. The Morgan fingerprint density at radius 1 is 1.45 bits per heavy atom. The normalized spacial score (nSPS) is 10.5. The summed E-state index contributed by atoms with van der Waals surface area (Å²) in [6, 6.07) is 8.07. The predicted octanol–water partition coefficient (Wildman–Crippen LogP) is 2.43. The molecule has 0 aliphatic carbocycles. The fraction of sp³-hybridized carbons (Fsp3) is 0.286. The summed E-state index contributed by atoms with van der Waals surface area (Å²) in [5.74, 6) is 0. The third-order valence-corrected chi connectivity index (χ3v) is 3.94. The van der Waals surface area contributed by atoms with Gasteiger partial charge in [-0.1, -0.05) is 18.3 Å². The number of nitrogens with two attached hydrogens (primary N) is 1. The molecule has 0 fully saturated rings. The number of nitrogens with zero attached hydrogens (tertiary/aromatic N) is 2. The van der Waals surface area contributed by atoms with E-state index < -0.39 is 0 Å². The third kappa shape index (κ3) is 3.52. The monoisotopic (exact) mass is 306 g/mol. The Morgan fingerprint density at radius 3 is 2.85 bits per heavy atom. The molecule has 2 aromatic rings. The highest BCUT2D eigenvalue weighted by Crippen LogP contribution is 2.27. The van der Waals surface area contributed by atoms with Crippen LogP contribution in [0.5, 0.6) is 0 Å². The van der Waals surface area contributed by atoms with E-state index in [1.807, 2.05) is 48.4 Å². The van der Waals surface area contributed by atoms with Crippen molar-refractivity contribution in [3.8, 4) is 0 Å². The van der Waals surface area contributed by atoms with Crippen molar-refractivity contribution in [2.75, 3.05) is 18.1 Å². The molecule has 0 amide bonds. The van der Waals surface area contributed by atoms with Crippen LogP contribution in [0, 0.1) is 0 Å². The number of anilines is 1. The van der Waals surface area contributed by atoms with E-state index in [0.29, 0.717) is 4.99 Å². The van der Waals surface area contributed by atoms with Crippen LogP contribution < -0.4 is 11.1 Å². The Morgan fingerprint density at radius 2 is 2.25 bits per heavy atom. The van der Waals surface area contributed by atoms with Crippen LogP contribution in [-0.4, -0.2) is 27.6 Å². The fourth-order valence-electron chi connectivity index (χ4n) is 2.02. The first-order valence-electron chi connectivity index (χ1n) is 6.31. The molecule has 1 aromatic carbocycles. The zero-order chi connectivity index (χ0) is 14.5. The van der Waals surface area contributed by atoms with Gasteiger partial charge in [0.15, 0.2) is 0 Å². The zero-order valence-electron chi connectivity index (χ0n) is 11.6. The van der Waals surface area contributed by atoms with E-state index in [-0.39, 0.29) is 0 Å². The standard InChI is InChI=1S/C14H18N4S2/c1-18-9-7-10(17-18)6-8-16-11-4-3-5-12(20-2)13(11)14(15)19/h3-5,7,9,16H,6,8H2,1-2H3,(H2,15,19). The highest BCUT2D eigenvalue weighted by molar-refractivity contribution is 7.98. The minimum atomic E-state index is 0.426. The molecule has 0 spiro atoms. The van der Waals surface area contributed by atoms with Crippen LogP contribution in [0.15, 0.2) is 35.4 Å². The lowest BCUT2D eigenvalue weighted by molar-refractivity contribution is 0.742. The van der Waals surface area contributed by atoms with Gasteiger partial charge < -0.3 is 11.1 Å². The topological polar surface area (TPSA) is 55.9 Å². The molecular formula is C14H18N4S2. The molecule has 1 aromatic heterocycles. The average molecular weight is 306 g/mol. The van der Waals surface area contributed by atoms with Gasteiger partial charge in [0.25, 0.3) is 0 Å². The molecule has 2 rings (SSSR count). The second kappa shape index (κ2) is 6.76. The quantitative estimate of drug-likeness (QED) is 0.634. The lowest BCUT2D eigenvalue weighted by Gasteiger charge is -2.13. The molecule has 1 heterocycles. The van der Waals surface area contributed by atoms with Gasteiger partial charge in [-0.15, -0.1) is 11.8 Å². The van der Waals surface area contributed by atoms with E-state index >= 15 is 0 Å². The van der Waals surface area contributed by atoms with Crippen LogP contribution in [0.2, 0.25) is 0 Å². The van der Waals surface area contributed by atoms with E-state index in [1.54, 1.807) is 11.8 Å². The summed E-state index contributed by atoms with van der Waals surface area (Å²) < 4.78 is 1.81. The van der Waals surface area contributed by atoms with Crippen molar-refractivity contribution in [3.63, 3.8) is 0 Å². The van der Waals surface area contributed by atoms with Gasteiger partial charge in [-0.25, -0.2) is 0 Å². The molecule has 0 unspecified atom stereocenters.